The average Bonchev–Trinajstić information content (AvgIpc) is 3.41. The molecule has 318 valence electrons. The molecule has 5 saturated carbocycles. The van der Waals surface area contributed by atoms with E-state index < -0.39 is 18.0 Å². The van der Waals surface area contributed by atoms with Gasteiger partial charge in [-0.3, -0.25) is 14.7 Å². The highest BCUT2D eigenvalue weighted by atomic mass is 16.6. The number of carbonyl (C=O) groups excluding carboxylic acids is 1. The molecule has 8 heteroatoms. The summed E-state index contributed by atoms with van der Waals surface area (Å²) >= 11 is 0. The van der Waals surface area contributed by atoms with Crippen LogP contribution in [0.2, 0.25) is 0 Å². The van der Waals surface area contributed by atoms with E-state index in [1.165, 1.54) is 31.2 Å². The van der Waals surface area contributed by atoms with E-state index in [0.29, 0.717) is 35.4 Å². The van der Waals surface area contributed by atoms with Crippen LogP contribution >= 0.6 is 0 Å². The number of rotatable bonds is 14. The van der Waals surface area contributed by atoms with Crippen LogP contribution in [0.25, 0.3) is 0 Å². The topological polar surface area (TPSA) is 106 Å². The zero-order valence-corrected chi connectivity index (χ0v) is 37.5. The maximum Gasteiger partial charge on any atom is 0.156 e. The van der Waals surface area contributed by atoms with E-state index in [-0.39, 0.29) is 51.6 Å². The molecular formula is C48H81N3O5. The Hall–Kier alpha value is -1.42. The van der Waals surface area contributed by atoms with Crippen LogP contribution in [0, 0.1) is 68.0 Å². The van der Waals surface area contributed by atoms with Crippen molar-refractivity contribution < 1.29 is 24.9 Å². The molecule has 6 rings (SSSR count). The van der Waals surface area contributed by atoms with Crippen molar-refractivity contribution in [1.82, 2.24) is 14.8 Å². The fourth-order valence-electron chi connectivity index (χ4n) is 14.8. The van der Waals surface area contributed by atoms with Gasteiger partial charge in [-0.15, -0.1) is 0 Å². The number of pyridine rings is 1. The molecule has 1 aromatic heterocycles. The summed E-state index contributed by atoms with van der Waals surface area (Å²) in [6.07, 6.45) is 12.5. The Balaban J connectivity index is 1.26. The second-order valence-corrected chi connectivity index (χ2v) is 22.5. The van der Waals surface area contributed by atoms with Crippen LogP contribution in [0.4, 0.5) is 0 Å². The highest BCUT2D eigenvalue weighted by Gasteiger charge is 2.72. The van der Waals surface area contributed by atoms with E-state index in [9.17, 15) is 20.1 Å². The normalized spacial score (nSPS) is 39.4. The standard InChI is InChI=1S/C48H81N3O5/c1-31(2)40-35(52)28-48(23-25-51(27-26-50(11)12)32(3)33-14-13-24-49-30-33)22-21-46(9)34(41(40)48)15-16-37-45(8)19-18-38(56-39(53)29-43(4,5)42(54)55)44(6,7)36(45)17-20-47(37,46)10/h13-14,24,30-32,34,36-42,53-55H,15-23,25-29H2,1-12H3/t32-,34?,36?,37?,38?,39?,40?,41?,45?,46+,47?,48?/m0/s1. The molecule has 0 amide bonds. The zero-order valence-electron chi connectivity index (χ0n) is 37.5. The third-order valence-electron chi connectivity index (χ3n) is 18.3. The zero-order chi connectivity index (χ0) is 41.2. The van der Waals surface area contributed by atoms with Crippen molar-refractivity contribution in [2.75, 3.05) is 33.7 Å². The smallest absolute Gasteiger partial charge is 0.156 e. The Kier molecular flexibility index (Phi) is 12.5. The number of likely N-dealkylation sites (N-methyl/N-ethyl adjacent to an activating group) is 1. The van der Waals surface area contributed by atoms with Crippen LogP contribution in [0.3, 0.4) is 0 Å². The Morgan fingerprint density at radius 1 is 0.893 bits per heavy atom. The van der Waals surface area contributed by atoms with Gasteiger partial charge in [0.05, 0.1) is 6.10 Å². The van der Waals surface area contributed by atoms with E-state index in [1.807, 2.05) is 12.4 Å². The van der Waals surface area contributed by atoms with Gasteiger partial charge in [-0.1, -0.05) is 68.4 Å². The van der Waals surface area contributed by atoms with Gasteiger partial charge in [0.2, 0.25) is 0 Å². The summed E-state index contributed by atoms with van der Waals surface area (Å²) in [5, 5.41) is 30.9. The summed E-state index contributed by atoms with van der Waals surface area (Å²) in [5.41, 5.74) is 0.883. The van der Waals surface area contributed by atoms with Gasteiger partial charge in [0.1, 0.15) is 5.78 Å². The molecule has 3 N–H and O–H groups in total. The second kappa shape index (κ2) is 15.9. The molecule has 0 radical (unpaired) electrons. The van der Waals surface area contributed by atoms with E-state index in [2.05, 4.69) is 96.4 Å². The van der Waals surface area contributed by atoms with Crippen molar-refractivity contribution in [2.24, 2.45) is 68.0 Å². The number of carbonyl (C=O) groups is 1. The first-order valence-corrected chi connectivity index (χ1v) is 22.6. The molecule has 56 heavy (non-hydrogen) atoms. The molecule has 0 aromatic carbocycles. The monoisotopic (exact) mass is 780 g/mol. The van der Waals surface area contributed by atoms with Crippen molar-refractivity contribution in [3.63, 3.8) is 0 Å². The summed E-state index contributed by atoms with van der Waals surface area (Å²) in [5.74, 6) is 3.11. The highest BCUT2D eigenvalue weighted by Crippen LogP contribution is 2.77. The van der Waals surface area contributed by atoms with Crippen LogP contribution in [0.15, 0.2) is 24.5 Å². The van der Waals surface area contributed by atoms with Crippen LogP contribution in [0.1, 0.15) is 151 Å². The van der Waals surface area contributed by atoms with Crippen LogP contribution < -0.4 is 0 Å². The summed E-state index contributed by atoms with van der Waals surface area (Å²) < 4.78 is 6.46. The first-order valence-electron chi connectivity index (χ1n) is 22.6. The summed E-state index contributed by atoms with van der Waals surface area (Å²) in [7, 11) is 4.33. The van der Waals surface area contributed by atoms with Gasteiger partial charge < -0.3 is 25.0 Å². The summed E-state index contributed by atoms with van der Waals surface area (Å²) in [6, 6.07) is 4.54. The largest absolute Gasteiger partial charge is 0.368 e. The number of ketones is 1. The molecule has 0 aliphatic heterocycles. The van der Waals surface area contributed by atoms with E-state index in [4.69, 9.17) is 4.74 Å². The third kappa shape index (κ3) is 7.50. The number of nitrogens with zero attached hydrogens (tertiary/aromatic N) is 3. The van der Waals surface area contributed by atoms with Crippen molar-refractivity contribution in [3.05, 3.63) is 30.1 Å². The molecule has 1 heterocycles. The van der Waals surface area contributed by atoms with E-state index in [0.717, 1.165) is 58.2 Å². The number of fused-ring (bicyclic) bond motifs is 7. The van der Waals surface area contributed by atoms with E-state index >= 15 is 0 Å². The summed E-state index contributed by atoms with van der Waals surface area (Å²) in [4.78, 5) is 23.8. The molecule has 1 aromatic rings. The van der Waals surface area contributed by atoms with Gasteiger partial charge in [0.25, 0.3) is 0 Å². The molecule has 0 spiro atoms. The number of Topliss-reactive ketones (excluding diaryl/α,β-unsaturated/α-hetero) is 1. The minimum absolute atomic E-state index is 0.0599. The van der Waals surface area contributed by atoms with Crippen LogP contribution in [-0.4, -0.2) is 88.3 Å². The van der Waals surface area contributed by atoms with Gasteiger partial charge in [0, 0.05) is 55.7 Å². The SMILES string of the molecule is CC(C)C1C(=O)CC2(CCN(CCN(C)C)[C@@H](C)c3cccnc3)CC[C@]3(C)C(CCC4C5(C)CCC(OC(O)CC(C)(C)C(O)O)C(C)(C)C5CCC43C)C12. The Morgan fingerprint density at radius 3 is 2.23 bits per heavy atom. The Labute approximate surface area is 340 Å². The minimum Gasteiger partial charge on any atom is -0.368 e. The molecule has 5 aliphatic carbocycles. The Bertz CT molecular complexity index is 1510. The van der Waals surface area contributed by atoms with Crippen LogP contribution in [-0.2, 0) is 9.53 Å². The second-order valence-electron chi connectivity index (χ2n) is 22.5. The molecule has 0 saturated heterocycles. The molecule has 5 fully saturated rings. The summed E-state index contributed by atoms with van der Waals surface area (Å²) in [6.45, 7) is 26.2. The third-order valence-corrected chi connectivity index (χ3v) is 18.3. The van der Waals surface area contributed by atoms with Gasteiger partial charge >= 0.3 is 0 Å². The van der Waals surface area contributed by atoms with E-state index in [1.54, 1.807) is 13.8 Å². The first-order chi connectivity index (χ1) is 26.0. The molecule has 8 nitrogen and oxygen atoms in total. The van der Waals surface area contributed by atoms with Gasteiger partial charge in [-0.05, 0) is 154 Å². The van der Waals surface area contributed by atoms with Crippen molar-refractivity contribution >= 4 is 5.78 Å². The number of hydrogen-bond donors (Lipinski definition) is 3. The molecule has 12 atom stereocenters. The average molecular weight is 780 g/mol. The molecule has 0 bridgehead atoms. The fourth-order valence-corrected chi connectivity index (χ4v) is 14.8. The maximum absolute atomic E-state index is 14.4. The number of aromatic nitrogens is 1. The highest BCUT2D eigenvalue weighted by molar-refractivity contribution is 5.85. The molecule has 5 aliphatic rings. The lowest BCUT2D eigenvalue weighted by Crippen LogP contribution is -2.67. The molecular weight excluding hydrogens is 699 g/mol. The minimum atomic E-state index is -1.51. The predicted molar refractivity (Wildman–Crippen MR) is 224 cm³/mol. The van der Waals surface area contributed by atoms with Gasteiger partial charge in [0.15, 0.2) is 12.6 Å². The first kappa shape index (κ1) is 44.1. The number of aliphatic hydroxyl groups excluding tert-OH is 2. The van der Waals surface area contributed by atoms with Crippen LogP contribution in [0.5, 0.6) is 0 Å². The quantitative estimate of drug-likeness (QED) is 0.161. The predicted octanol–water partition coefficient (Wildman–Crippen LogP) is 8.74. The lowest BCUT2D eigenvalue weighted by atomic mass is 9.32. The number of ether oxygens (including phenoxy) is 1. The fraction of sp³-hybridized carbons (Fsp3) is 0.875. The number of hydrogen-bond acceptors (Lipinski definition) is 8. The lowest BCUT2D eigenvalue weighted by Gasteiger charge is -2.73. The van der Waals surface area contributed by atoms with Gasteiger partial charge in [-0.25, -0.2) is 0 Å². The van der Waals surface area contributed by atoms with Crippen molar-refractivity contribution in [2.45, 2.75) is 165 Å². The lowest BCUT2D eigenvalue weighted by molar-refractivity contribution is -0.271. The maximum atomic E-state index is 14.4. The van der Waals surface area contributed by atoms with Gasteiger partial charge in [-0.2, -0.15) is 0 Å². The Morgan fingerprint density at radius 2 is 1.61 bits per heavy atom. The number of aliphatic hydroxyl groups is 3. The molecule has 10 unspecified atom stereocenters. The van der Waals surface area contributed by atoms with Crippen molar-refractivity contribution in [3.8, 4) is 0 Å². The van der Waals surface area contributed by atoms with Crippen molar-refractivity contribution in [1.29, 1.82) is 0 Å².